The molecule has 3 aromatic rings. The third-order valence-electron chi connectivity index (χ3n) is 14.8. The molecule has 2 aromatic carbocycles. The van der Waals surface area contributed by atoms with Crippen LogP contribution in [0.25, 0.3) is 0 Å². The first-order valence-electron chi connectivity index (χ1n) is 27.4. The van der Waals surface area contributed by atoms with Crippen molar-refractivity contribution in [3.05, 3.63) is 84.1 Å². The second-order valence-electron chi connectivity index (χ2n) is 24.6. The van der Waals surface area contributed by atoms with Crippen LogP contribution in [0.15, 0.2) is 78.0 Å². The van der Waals surface area contributed by atoms with Crippen LogP contribution in [-0.4, -0.2) is 139 Å². The number of aromatic nitrogens is 1. The van der Waals surface area contributed by atoms with Crippen molar-refractivity contribution < 1.29 is 56.5 Å². The molecular weight excluding hydrogens is 1090 g/mol. The molecule has 2 saturated heterocycles. The minimum absolute atomic E-state index is 0.0106. The summed E-state index contributed by atoms with van der Waals surface area (Å²) in [4.78, 5) is 63.9. The molecule has 0 radical (unpaired) electrons. The zero-order valence-electron chi connectivity index (χ0n) is 50.3. The predicted molar refractivity (Wildman–Crippen MR) is 326 cm³/mol. The van der Waals surface area contributed by atoms with Crippen LogP contribution in [0.2, 0.25) is 36.3 Å². The van der Waals surface area contributed by atoms with Gasteiger partial charge in [0.1, 0.15) is 17.2 Å². The monoisotopic (exact) mass is 1180 g/mol. The van der Waals surface area contributed by atoms with E-state index in [2.05, 4.69) is 96.5 Å². The van der Waals surface area contributed by atoms with Crippen molar-refractivity contribution in [1.29, 1.82) is 0 Å². The first-order valence-corrected chi connectivity index (χ1v) is 35.5. The van der Waals surface area contributed by atoms with E-state index in [0.29, 0.717) is 81.4 Å². The maximum Gasteiger partial charge on any atom is 0.412 e. The van der Waals surface area contributed by atoms with Crippen LogP contribution in [0.1, 0.15) is 122 Å². The van der Waals surface area contributed by atoms with Gasteiger partial charge in [0.25, 0.3) is 11.8 Å². The van der Waals surface area contributed by atoms with Gasteiger partial charge in [-0.1, -0.05) is 82.7 Å². The van der Waals surface area contributed by atoms with E-state index >= 15 is 0 Å². The van der Waals surface area contributed by atoms with Gasteiger partial charge in [-0.15, -0.1) is 0 Å². The quantitative estimate of drug-likeness (QED) is 0.0353. The first-order chi connectivity index (χ1) is 37.3. The van der Waals surface area contributed by atoms with Gasteiger partial charge in [-0.05, 0) is 131 Å². The molecule has 0 bridgehead atoms. The van der Waals surface area contributed by atoms with Crippen molar-refractivity contribution >= 4 is 73.6 Å². The van der Waals surface area contributed by atoms with Crippen LogP contribution in [-0.2, 0) is 18.3 Å². The number of rotatable bonds is 25. The average molecular weight is 1180 g/mol. The summed E-state index contributed by atoms with van der Waals surface area (Å²) in [6, 6.07) is 11.6. The highest BCUT2D eigenvalue weighted by molar-refractivity contribution is 8.76. The third kappa shape index (κ3) is 18.7. The fraction of sp³-hybridized carbons (Fsp3) is 0.576. The van der Waals surface area contributed by atoms with Gasteiger partial charge in [0.15, 0.2) is 39.6 Å². The number of hydrogen-bond acceptors (Lipinski definition) is 15. The van der Waals surface area contributed by atoms with Crippen molar-refractivity contribution in [1.82, 2.24) is 14.8 Å². The Labute approximate surface area is 486 Å². The lowest BCUT2D eigenvalue weighted by Crippen LogP contribution is -2.46. The van der Waals surface area contributed by atoms with E-state index < -0.39 is 34.4 Å². The molecule has 0 aliphatic carbocycles. The number of benzene rings is 2. The molecule has 1 aromatic heterocycles. The van der Waals surface area contributed by atoms with Crippen molar-refractivity contribution in [2.24, 2.45) is 0 Å². The Morgan fingerprint density at radius 3 is 1.56 bits per heavy atom. The number of amides is 4. The van der Waals surface area contributed by atoms with Crippen LogP contribution < -0.4 is 29.6 Å². The van der Waals surface area contributed by atoms with E-state index in [-0.39, 0.29) is 81.5 Å². The standard InChI is InChI=1S/C59H89N5O12S2Si2/c1-39-28-42(37-74-79(15,16)58(7,8)9)63(34-39)53(65)44-30-48(69-13)50(32-46(44)61-55(67)73-36-41(3)77-78-52-24-20-21-25-60-52)71-26-22-19-23-27-72-51-33-47(62-56(68)76-57(4,5)6)45(31-49(51)70-14)54(66)64-35-40(2)29-43(64)38-75-80(17,18)59(10,11)12/h20-21,24-25,30-33,41-43H,1-2,19,22-23,26-29,34-38H2,3-18H3,(H,61,67)(H,62,68)/t41-,42+,43+/m1/s1. The Hall–Kier alpha value is -5.20. The van der Waals surface area contributed by atoms with E-state index in [9.17, 15) is 19.2 Å². The predicted octanol–water partition coefficient (Wildman–Crippen LogP) is 14.0. The molecule has 0 saturated carbocycles. The summed E-state index contributed by atoms with van der Waals surface area (Å²) in [5.74, 6) is 0.661. The number of hydrogen-bond donors (Lipinski definition) is 2. The van der Waals surface area contributed by atoms with Gasteiger partial charge in [0.2, 0.25) is 0 Å². The van der Waals surface area contributed by atoms with Gasteiger partial charge >= 0.3 is 12.2 Å². The Morgan fingerprint density at radius 2 is 1.15 bits per heavy atom. The highest BCUT2D eigenvalue weighted by Gasteiger charge is 2.42. The number of methoxy groups -OCH3 is 2. The van der Waals surface area contributed by atoms with Gasteiger partial charge < -0.3 is 47.1 Å². The van der Waals surface area contributed by atoms with Crippen molar-refractivity contribution in [2.75, 3.05) is 71.0 Å². The number of nitrogens with zero attached hydrogens (tertiary/aromatic N) is 3. The largest absolute Gasteiger partial charge is 0.493 e. The Bertz CT molecular complexity index is 2660. The molecule has 0 spiro atoms. The Kier molecular flexibility index (Phi) is 23.1. The third-order valence-corrected chi connectivity index (χ3v) is 26.5. The topological polar surface area (TPSA) is 186 Å². The minimum Gasteiger partial charge on any atom is -0.493 e. The molecule has 0 unspecified atom stereocenters. The lowest BCUT2D eigenvalue weighted by Gasteiger charge is -2.38. The van der Waals surface area contributed by atoms with Gasteiger partial charge in [0.05, 0.1) is 75.2 Å². The minimum atomic E-state index is -2.15. The maximum atomic E-state index is 14.7. The fourth-order valence-corrected chi connectivity index (χ4v) is 12.1. The smallest absolute Gasteiger partial charge is 0.412 e. The zero-order valence-corrected chi connectivity index (χ0v) is 53.9. The van der Waals surface area contributed by atoms with E-state index in [1.54, 1.807) is 61.0 Å². The molecule has 2 aliphatic heterocycles. The van der Waals surface area contributed by atoms with Crippen LogP contribution in [0.5, 0.6) is 23.0 Å². The molecule has 2 aliphatic rings. The number of likely N-dealkylation sites (tertiary alicyclic amines) is 2. The average Bonchev–Trinajstić information content (AvgIpc) is 3.97. The highest BCUT2D eigenvalue weighted by atomic mass is 33.1. The Balaban J connectivity index is 1.29. The molecule has 80 heavy (non-hydrogen) atoms. The molecule has 4 amide bonds. The normalized spacial score (nSPS) is 16.6. The number of anilines is 2. The van der Waals surface area contributed by atoms with Gasteiger partial charge in [-0.2, -0.15) is 0 Å². The SMILES string of the molecule is C=C1C[C@@H](CO[Si](C)(C)C(C)(C)C)N(C(=O)c2cc(OC)c(OCCCCCOc3cc(NC(=O)OC(C)(C)C)c(C(=O)N4CC(=C)C[C@H]4CO[Si](C)(C)C(C)(C)C)cc3OC)cc2NC(=O)OC[C@@H](C)SSc2ccccn2)C1. The number of carbonyl (C=O) groups excluding carboxylic acids is 4. The summed E-state index contributed by atoms with van der Waals surface area (Å²) < 4.78 is 48.7. The van der Waals surface area contributed by atoms with Gasteiger partial charge in [-0.3, -0.25) is 20.2 Å². The molecule has 442 valence electrons. The molecule has 17 nitrogen and oxygen atoms in total. The van der Waals surface area contributed by atoms with E-state index in [0.717, 1.165) is 16.2 Å². The van der Waals surface area contributed by atoms with E-state index in [1.165, 1.54) is 35.8 Å². The van der Waals surface area contributed by atoms with Crippen molar-refractivity contribution in [3.63, 3.8) is 0 Å². The number of carbonyl (C=O) groups is 4. The second-order valence-corrected chi connectivity index (χ2v) is 36.9. The highest BCUT2D eigenvalue weighted by Crippen LogP contribution is 2.42. The maximum absolute atomic E-state index is 14.7. The summed E-state index contributed by atoms with van der Waals surface area (Å²) in [7, 11) is 1.76. The second kappa shape index (κ2) is 28.2. The van der Waals surface area contributed by atoms with E-state index in [1.807, 2.05) is 25.1 Å². The van der Waals surface area contributed by atoms with Crippen LogP contribution >= 0.6 is 21.6 Å². The van der Waals surface area contributed by atoms with Crippen molar-refractivity contribution in [2.45, 2.75) is 166 Å². The number of pyridine rings is 1. The summed E-state index contributed by atoms with van der Waals surface area (Å²) >= 11 is 0. The molecule has 5 rings (SSSR count). The molecular formula is C59H89N5O12S2Si2. The lowest BCUT2D eigenvalue weighted by atomic mass is 10.1. The number of nitrogens with one attached hydrogen (secondary N) is 2. The van der Waals surface area contributed by atoms with Crippen LogP contribution in [0.3, 0.4) is 0 Å². The molecule has 3 atom stereocenters. The summed E-state index contributed by atoms with van der Waals surface area (Å²) in [6.07, 6.45) is 3.37. The first kappa shape index (κ1) is 65.6. The fourth-order valence-electron chi connectivity index (χ4n) is 8.16. The number of unbranched alkanes of at least 4 members (excludes halogenated alkanes) is 2. The summed E-state index contributed by atoms with van der Waals surface area (Å²) in [5, 5.41) is 6.39. The van der Waals surface area contributed by atoms with Crippen molar-refractivity contribution in [3.8, 4) is 23.0 Å². The van der Waals surface area contributed by atoms with E-state index in [4.69, 9.17) is 37.3 Å². The van der Waals surface area contributed by atoms with Crippen LogP contribution in [0.4, 0.5) is 21.0 Å². The lowest BCUT2D eigenvalue weighted by molar-refractivity contribution is 0.0634. The van der Waals surface area contributed by atoms with Gasteiger partial charge in [0, 0.05) is 36.7 Å². The Morgan fingerprint density at radius 1 is 0.688 bits per heavy atom. The molecule has 21 heteroatoms. The molecule has 2 fully saturated rings. The number of ether oxygens (including phenoxy) is 6. The van der Waals surface area contributed by atoms with Gasteiger partial charge in [-0.25, -0.2) is 14.6 Å². The molecule has 2 N–H and O–H groups in total. The van der Waals surface area contributed by atoms with Crippen LogP contribution in [0, 0.1) is 0 Å². The summed E-state index contributed by atoms with van der Waals surface area (Å²) in [6.45, 7) is 39.6. The summed E-state index contributed by atoms with van der Waals surface area (Å²) in [5.41, 5.74) is 1.87. The zero-order chi connectivity index (χ0) is 59.4. The molecule has 3 heterocycles.